The van der Waals surface area contributed by atoms with E-state index in [4.69, 9.17) is 17.3 Å². The van der Waals surface area contributed by atoms with E-state index in [0.717, 1.165) is 0 Å². The van der Waals surface area contributed by atoms with Crippen molar-refractivity contribution in [1.29, 1.82) is 0 Å². The minimum atomic E-state index is -0.609. The molecule has 0 radical (unpaired) electrons. The third kappa shape index (κ3) is 4.47. The van der Waals surface area contributed by atoms with Gasteiger partial charge in [-0.15, -0.1) is 0 Å². The second-order valence-corrected chi connectivity index (χ2v) is 6.44. The first-order valence-corrected chi connectivity index (χ1v) is 8.81. The summed E-state index contributed by atoms with van der Waals surface area (Å²) in [7, 11) is 1.27. The molecule has 27 heavy (non-hydrogen) atoms. The van der Waals surface area contributed by atoms with Crippen LogP contribution >= 0.6 is 11.6 Å². The largest absolute Gasteiger partial charge is 0.453 e. The van der Waals surface area contributed by atoms with Gasteiger partial charge in [-0.05, 0) is 31.0 Å². The Morgan fingerprint density at radius 1 is 1.41 bits per heavy atom. The Balaban J connectivity index is 2.06. The molecule has 5 N–H and O–H groups in total. The van der Waals surface area contributed by atoms with Gasteiger partial charge in [-0.25, -0.2) is 9.78 Å². The van der Waals surface area contributed by atoms with Crippen LogP contribution in [0.2, 0.25) is 5.15 Å². The monoisotopic (exact) mass is 389 g/mol. The van der Waals surface area contributed by atoms with Crippen LogP contribution in [0.4, 0.5) is 16.2 Å². The fraction of sp³-hybridized carbons (Fsp3) is 0.278. The molecular weight excluding hydrogens is 370 g/mol. The van der Waals surface area contributed by atoms with Crippen molar-refractivity contribution >= 4 is 35.0 Å². The van der Waals surface area contributed by atoms with Crippen LogP contribution in [0.15, 0.2) is 30.4 Å². The number of benzene rings is 1. The number of H-pyrrole nitrogens is 1. The number of anilines is 2. The molecule has 2 aromatic rings. The Hall–Kier alpha value is -2.84. The third-order valence-electron chi connectivity index (χ3n) is 4.10. The molecule has 3 rings (SSSR count). The Morgan fingerprint density at radius 2 is 2.22 bits per heavy atom. The zero-order valence-corrected chi connectivity index (χ0v) is 15.5. The maximum Gasteiger partial charge on any atom is 0.411 e. The number of aromatic amines is 1. The summed E-state index contributed by atoms with van der Waals surface area (Å²) in [6.45, 7) is 0. The Kier molecular flexibility index (Phi) is 5.78. The molecule has 1 aliphatic heterocycles. The third-order valence-corrected chi connectivity index (χ3v) is 4.38. The minimum Gasteiger partial charge on any atom is -0.453 e. The van der Waals surface area contributed by atoms with Crippen LogP contribution in [0, 0.1) is 0 Å². The molecule has 9 heteroatoms. The van der Waals surface area contributed by atoms with Gasteiger partial charge >= 0.3 is 6.09 Å². The number of allylic oxidation sites excluding steroid dienone is 1. The normalized spacial score (nSPS) is 17.0. The molecule has 0 saturated carbocycles. The molecular formula is C18H20ClN5O3. The Labute approximate surface area is 161 Å². The van der Waals surface area contributed by atoms with Crippen LogP contribution < -0.4 is 16.4 Å². The number of carbonyl (C=O) groups excluding carboxylic acids is 2. The number of aromatic nitrogens is 2. The number of amides is 2. The van der Waals surface area contributed by atoms with Gasteiger partial charge < -0.3 is 20.8 Å². The van der Waals surface area contributed by atoms with Crippen molar-refractivity contribution in [2.24, 2.45) is 5.73 Å². The van der Waals surface area contributed by atoms with E-state index < -0.39 is 6.09 Å². The summed E-state index contributed by atoms with van der Waals surface area (Å²) in [5.74, 6) is 0.402. The zero-order chi connectivity index (χ0) is 19.4. The number of halogens is 1. The second kappa shape index (κ2) is 8.24. The first-order chi connectivity index (χ1) is 13.0. The minimum absolute atomic E-state index is 0.161. The summed E-state index contributed by atoms with van der Waals surface area (Å²) in [6.07, 6.45) is 4.73. The molecule has 0 spiro atoms. The average molecular weight is 390 g/mol. The molecule has 2 bridgehead atoms. The Morgan fingerprint density at radius 3 is 3.00 bits per heavy atom. The van der Waals surface area contributed by atoms with Crippen molar-refractivity contribution in [3.05, 3.63) is 41.3 Å². The highest BCUT2D eigenvalue weighted by Crippen LogP contribution is 2.35. The highest BCUT2D eigenvalue weighted by Gasteiger charge is 2.19. The van der Waals surface area contributed by atoms with Crippen LogP contribution in [0.5, 0.6) is 0 Å². The lowest BCUT2D eigenvalue weighted by Gasteiger charge is -2.12. The fourth-order valence-electron chi connectivity index (χ4n) is 2.72. The van der Waals surface area contributed by atoms with E-state index in [1.54, 1.807) is 18.2 Å². The number of methoxy groups -OCH3 is 1. The second-order valence-electron chi connectivity index (χ2n) is 6.06. The lowest BCUT2D eigenvalue weighted by molar-refractivity contribution is -0.116. The predicted molar refractivity (Wildman–Crippen MR) is 104 cm³/mol. The number of hydrogen-bond acceptors (Lipinski definition) is 5. The lowest BCUT2D eigenvalue weighted by atomic mass is 10.1. The molecule has 1 aromatic heterocycles. The number of rotatable bonds is 1. The summed E-state index contributed by atoms with van der Waals surface area (Å²) in [5, 5.41) is 5.75. The van der Waals surface area contributed by atoms with Crippen LogP contribution in [-0.4, -0.2) is 29.1 Å². The maximum absolute atomic E-state index is 12.3. The van der Waals surface area contributed by atoms with Crippen molar-refractivity contribution in [1.82, 2.24) is 9.97 Å². The number of hydrogen-bond donors (Lipinski definition) is 4. The van der Waals surface area contributed by atoms with Gasteiger partial charge in [0.15, 0.2) is 0 Å². The topological polar surface area (TPSA) is 122 Å². The molecule has 0 fully saturated rings. The van der Waals surface area contributed by atoms with E-state index >= 15 is 0 Å². The van der Waals surface area contributed by atoms with Crippen molar-refractivity contribution in [3.8, 4) is 11.3 Å². The van der Waals surface area contributed by atoms with Crippen molar-refractivity contribution in [3.63, 3.8) is 0 Å². The molecule has 2 heterocycles. The molecule has 0 unspecified atom stereocenters. The molecule has 142 valence electrons. The highest BCUT2D eigenvalue weighted by molar-refractivity contribution is 6.32. The van der Waals surface area contributed by atoms with Gasteiger partial charge in [0.25, 0.3) is 0 Å². The quantitative estimate of drug-likeness (QED) is 0.555. The molecule has 2 amide bonds. The van der Waals surface area contributed by atoms with Crippen LogP contribution in [-0.2, 0) is 9.53 Å². The Bertz CT molecular complexity index is 893. The number of carbonyl (C=O) groups is 2. The lowest BCUT2D eigenvalue weighted by Crippen LogP contribution is -2.14. The maximum atomic E-state index is 12.3. The molecule has 1 atom stereocenters. The molecule has 0 saturated heterocycles. The number of fused-ring (bicyclic) bond motifs is 4. The number of ether oxygens (including phenoxy) is 1. The van der Waals surface area contributed by atoms with Gasteiger partial charge in [-0.2, -0.15) is 0 Å². The van der Waals surface area contributed by atoms with Crippen molar-refractivity contribution in [2.45, 2.75) is 25.3 Å². The predicted octanol–water partition coefficient (Wildman–Crippen LogP) is 3.59. The van der Waals surface area contributed by atoms with Crippen molar-refractivity contribution in [2.75, 3.05) is 17.7 Å². The standard InChI is InChI=1S/C18H20ClN5O3/c1-27-18(26)21-10-7-8-11-13(9-10)22-14(25)6-4-2-3-5-12(20)17-23-15(11)16(19)24-17/h2-3,7-9,12H,4-6,20H2,1H3,(H,21,26)(H,22,25)(H,23,24)/t12-/m0/s1. The van der Waals surface area contributed by atoms with E-state index in [-0.39, 0.29) is 11.9 Å². The van der Waals surface area contributed by atoms with E-state index in [0.29, 0.717) is 52.9 Å². The van der Waals surface area contributed by atoms with Gasteiger partial charge in [-0.1, -0.05) is 23.8 Å². The summed E-state index contributed by atoms with van der Waals surface area (Å²) in [5.41, 5.74) is 8.20. The molecule has 0 aliphatic carbocycles. The first kappa shape index (κ1) is 18.9. The van der Waals surface area contributed by atoms with E-state index in [1.165, 1.54) is 7.11 Å². The SMILES string of the molecule is COC(=O)Nc1ccc2c(c1)NC(=O)CCC=CC[C@H](N)c1nc-2c(Cl)[nH]1. The van der Waals surface area contributed by atoms with Gasteiger partial charge in [0, 0.05) is 17.7 Å². The smallest absolute Gasteiger partial charge is 0.411 e. The summed E-state index contributed by atoms with van der Waals surface area (Å²) < 4.78 is 4.60. The van der Waals surface area contributed by atoms with Crippen LogP contribution in [0.25, 0.3) is 11.3 Å². The average Bonchev–Trinajstić information content (AvgIpc) is 3.02. The van der Waals surface area contributed by atoms with E-state index in [2.05, 4.69) is 25.3 Å². The van der Waals surface area contributed by atoms with E-state index in [9.17, 15) is 9.59 Å². The number of nitrogens with one attached hydrogen (secondary N) is 3. The van der Waals surface area contributed by atoms with Gasteiger partial charge in [0.2, 0.25) is 5.91 Å². The summed E-state index contributed by atoms with van der Waals surface area (Å²) >= 11 is 6.33. The van der Waals surface area contributed by atoms with E-state index in [1.807, 2.05) is 12.2 Å². The summed E-state index contributed by atoms with van der Waals surface area (Å²) in [4.78, 5) is 31.3. The fourth-order valence-corrected chi connectivity index (χ4v) is 2.96. The summed E-state index contributed by atoms with van der Waals surface area (Å²) in [6, 6.07) is 4.69. The highest BCUT2D eigenvalue weighted by atomic mass is 35.5. The van der Waals surface area contributed by atoms with Gasteiger partial charge in [0.05, 0.1) is 18.8 Å². The number of imidazole rings is 1. The zero-order valence-electron chi connectivity index (χ0n) is 14.7. The number of nitrogens with zero attached hydrogens (tertiary/aromatic N) is 1. The van der Waals surface area contributed by atoms with Crippen LogP contribution in [0.1, 0.15) is 31.1 Å². The molecule has 8 nitrogen and oxygen atoms in total. The molecule has 1 aliphatic rings. The van der Waals surface area contributed by atoms with Gasteiger partial charge in [-0.3, -0.25) is 10.1 Å². The van der Waals surface area contributed by atoms with Crippen molar-refractivity contribution < 1.29 is 14.3 Å². The number of nitrogens with two attached hydrogens (primary N) is 1. The van der Waals surface area contributed by atoms with Crippen LogP contribution in [0.3, 0.4) is 0 Å². The van der Waals surface area contributed by atoms with Gasteiger partial charge in [0.1, 0.15) is 16.7 Å². The first-order valence-electron chi connectivity index (χ1n) is 8.43. The molecule has 1 aromatic carbocycles.